The number of nitrogens with zero attached hydrogens (tertiary/aromatic N) is 1. The van der Waals surface area contributed by atoms with Crippen molar-refractivity contribution in [3.8, 4) is 0 Å². The first-order chi connectivity index (χ1) is 7.50. The maximum atomic E-state index is 13.3. The molecule has 1 aromatic carbocycles. The minimum absolute atomic E-state index is 0.140. The molecule has 1 rings (SSSR count). The molecule has 4 heteroatoms. The van der Waals surface area contributed by atoms with Gasteiger partial charge in [-0.25, -0.2) is 8.78 Å². The van der Waals surface area contributed by atoms with E-state index in [1.54, 1.807) is 6.07 Å². The van der Waals surface area contributed by atoms with Crippen molar-refractivity contribution in [2.75, 3.05) is 20.6 Å². The fourth-order valence-corrected chi connectivity index (χ4v) is 1.51. The molecule has 0 bridgehead atoms. The molecule has 1 atom stereocenters. The highest BCUT2D eigenvalue weighted by atomic mass is 19.2. The van der Waals surface area contributed by atoms with Gasteiger partial charge in [-0.1, -0.05) is 12.1 Å². The summed E-state index contributed by atoms with van der Waals surface area (Å²) in [6, 6.07) is 4.06. The molecule has 16 heavy (non-hydrogen) atoms. The third-order valence-corrected chi connectivity index (χ3v) is 2.46. The van der Waals surface area contributed by atoms with E-state index in [2.05, 4.69) is 0 Å². The molecule has 2 nitrogen and oxygen atoms in total. The highest BCUT2D eigenvalue weighted by molar-refractivity contribution is 5.19. The Morgan fingerprint density at radius 1 is 1.31 bits per heavy atom. The Kier molecular flexibility index (Phi) is 4.83. The Morgan fingerprint density at radius 2 is 2.00 bits per heavy atom. The molecule has 0 fully saturated rings. The molecule has 0 spiro atoms. The van der Waals surface area contributed by atoms with Crippen LogP contribution in [0.4, 0.5) is 8.78 Å². The van der Waals surface area contributed by atoms with E-state index in [0.29, 0.717) is 12.0 Å². The van der Waals surface area contributed by atoms with Crippen molar-refractivity contribution in [1.29, 1.82) is 0 Å². The van der Waals surface area contributed by atoms with E-state index < -0.39 is 11.6 Å². The number of hydrogen-bond acceptors (Lipinski definition) is 2. The summed E-state index contributed by atoms with van der Waals surface area (Å²) in [5.41, 5.74) is 6.21. The smallest absolute Gasteiger partial charge is 0.162 e. The molecule has 1 unspecified atom stereocenters. The van der Waals surface area contributed by atoms with Crippen LogP contribution in [0.25, 0.3) is 0 Å². The van der Waals surface area contributed by atoms with Crippen molar-refractivity contribution in [3.63, 3.8) is 0 Å². The lowest BCUT2D eigenvalue weighted by atomic mass is 10.0. The monoisotopic (exact) mass is 228 g/mol. The minimum Gasteiger partial charge on any atom is -0.327 e. The lowest BCUT2D eigenvalue weighted by Crippen LogP contribution is -2.28. The molecule has 0 aliphatic heterocycles. The zero-order chi connectivity index (χ0) is 12.1. The molecule has 1 aromatic rings. The SMILES string of the molecule is CN(C)CCC(N)Cc1cccc(F)c1F. The van der Waals surface area contributed by atoms with Crippen LogP contribution in [-0.4, -0.2) is 31.6 Å². The van der Waals surface area contributed by atoms with Crippen LogP contribution in [-0.2, 0) is 6.42 Å². The Bertz CT molecular complexity index is 340. The number of benzene rings is 1. The van der Waals surface area contributed by atoms with Gasteiger partial charge in [-0.2, -0.15) is 0 Å². The van der Waals surface area contributed by atoms with Gasteiger partial charge in [-0.05, 0) is 45.1 Å². The summed E-state index contributed by atoms with van der Waals surface area (Å²) in [6.07, 6.45) is 1.14. The highest BCUT2D eigenvalue weighted by Crippen LogP contribution is 2.13. The second-order valence-electron chi connectivity index (χ2n) is 4.27. The molecule has 0 aromatic heterocycles. The van der Waals surface area contributed by atoms with Gasteiger partial charge in [0.05, 0.1) is 0 Å². The molecule has 0 amide bonds. The maximum absolute atomic E-state index is 13.3. The molecule has 0 radical (unpaired) electrons. The van der Waals surface area contributed by atoms with Gasteiger partial charge in [0.1, 0.15) is 0 Å². The number of hydrogen-bond donors (Lipinski definition) is 1. The number of rotatable bonds is 5. The van der Waals surface area contributed by atoms with Gasteiger partial charge < -0.3 is 10.6 Å². The van der Waals surface area contributed by atoms with E-state index >= 15 is 0 Å². The van der Waals surface area contributed by atoms with E-state index in [4.69, 9.17) is 5.73 Å². The first-order valence-corrected chi connectivity index (χ1v) is 5.34. The van der Waals surface area contributed by atoms with Crippen LogP contribution in [0.3, 0.4) is 0 Å². The quantitative estimate of drug-likeness (QED) is 0.832. The fraction of sp³-hybridized carbons (Fsp3) is 0.500. The molecule has 0 heterocycles. The largest absolute Gasteiger partial charge is 0.327 e. The summed E-state index contributed by atoms with van der Waals surface area (Å²) >= 11 is 0. The van der Waals surface area contributed by atoms with Gasteiger partial charge in [0.15, 0.2) is 11.6 Å². The molecule has 0 aliphatic carbocycles. The van der Waals surface area contributed by atoms with E-state index in [1.165, 1.54) is 6.07 Å². The van der Waals surface area contributed by atoms with E-state index in [9.17, 15) is 8.78 Å². The summed E-state index contributed by atoms with van der Waals surface area (Å²) in [5.74, 6) is -1.58. The summed E-state index contributed by atoms with van der Waals surface area (Å²) < 4.78 is 26.2. The summed E-state index contributed by atoms with van der Waals surface area (Å²) in [5, 5.41) is 0. The second-order valence-corrected chi connectivity index (χ2v) is 4.27. The van der Waals surface area contributed by atoms with Crippen LogP contribution in [0.5, 0.6) is 0 Å². The molecule has 90 valence electrons. The third kappa shape index (κ3) is 3.87. The average molecular weight is 228 g/mol. The van der Waals surface area contributed by atoms with E-state index in [-0.39, 0.29) is 6.04 Å². The van der Waals surface area contributed by atoms with Crippen LogP contribution < -0.4 is 5.73 Å². The Hall–Kier alpha value is -1.00. The van der Waals surface area contributed by atoms with E-state index in [1.807, 2.05) is 19.0 Å². The fourth-order valence-electron chi connectivity index (χ4n) is 1.51. The summed E-state index contributed by atoms with van der Waals surface area (Å²) in [6.45, 7) is 0.845. The molecule has 0 saturated heterocycles. The predicted octanol–water partition coefficient (Wildman–Crippen LogP) is 1.79. The normalized spacial score (nSPS) is 13.1. The molecular weight excluding hydrogens is 210 g/mol. The molecule has 2 N–H and O–H groups in total. The van der Waals surface area contributed by atoms with Crippen LogP contribution in [0, 0.1) is 11.6 Å². The molecular formula is C12H18F2N2. The van der Waals surface area contributed by atoms with Gasteiger partial charge in [-0.3, -0.25) is 0 Å². The average Bonchev–Trinajstić information content (AvgIpc) is 2.22. The van der Waals surface area contributed by atoms with Crippen molar-refractivity contribution >= 4 is 0 Å². The second kappa shape index (κ2) is 5.92. The molecule has 0 aliphatic rings. The Labute approximate surface area is 95.1 Å². The van der Waals surface area contributed by atoms with Crippen LogP contribution in [0.2, 0.25) is 0 Å². The molecule has 0 saturated carbocycles. The third-order valence-electron chi connectivity index (χ3n) is 2.46. The summed E-state index contributed by atoms with van der Waals surface area (Å²) in [7, 11) is 3.91. The van der Waals surface area contributed by atoms with Crippen LogP contribution in [0.15, 0.2) is 18.2 Å². The van der Waals surface area contributed by atoms with Gasteiger partial charge in [0, 0.05) is 6.04 Å². The predicted molar refractivity (Wildman–Crippen MR) is 61.2 cm³/mol. The first kappa shape index (κ1) is 13.1. The zero-order valence-electron chi connectivity index (χ0n) is 9.71. The van der Waals surface area contributed by atoms with E-state index in [0.717, 1.165) is 19.0 Å². The maximum Gasteiger partial charge on any atom is 0.162 e. The van der Waals surface area contributed by atoms with Crippen molar-refractivity contribution in [3.05, 3.63) is 35.4 Å². The Balaban J connectivity index is 2.56. The highest BCUT2D eigenvalue weighted by Gasteiger charge is 2.11. The van der Waals surface area contributed by atoms with Crippen molar-refractivity contribution in [1.82, 2.24) is 4.90 Å². The topological polar surface area (TPSA) is 29.3 Å². The van der Waals surface area contributed by atoms with Crippen molar-refractivity contribution < 1.29 is 8.78 Å². The van der Waals surface area contributed by atoms with Crippen molar-refractivity contribution in [2.24, 2.45) is 5.73 Å². The van der Waals surface area contributed by atoms with Gasteiger partial charge in [0.2, 0.25) is 0 Å². The van der Waals surface area contributed by atoms with Gasteiger partial charge in [-0.15, -0.1) is 0 Å². The van der Waals surface area contributed by atoms with Crippen LogP contribution >= 0.6 is 0 Å². The Morgan fingerprint density at radius 3 is 2.62 bits per heavy atom. The van der Waals surface area contributed by atoms with Crippen LogP contribution in [0.1, 0.15) is 12.0 Å². The van der Waals surface area contributed by atoms with Gasteiger partial charge >= 0.3 is 0 Å². The zero-order valence-corrected chi connectivity index (χ0v) is 9.71. The summed E-state index contributed by atoms with van der Waals surface area (Å²) in [4.78, 5) is 2.02. The first-order valence-electron chi connectivity index (χ1n) is 5.34. The minimum atomic E-state index is -0.808. The number of halogens is 2. The van der Waals surface area contributed by atoms with Crippen molar-refractivity contribution in [2.45, 2.75) is 18.9 Å². The lowest BCUT2D eigenvalue weighted by molar-refractivity contribution is 0.378. The number of nitrogens with two attached hydrogens (primary N) is 1. The van der Waals surface area contributed by atoms with Gasteiger partial charge in [0.25, 0.3) is 0 Å². The lowest BCUT2D eigenvalue weighted by Gasteiger charge is -2.15. The standard InChI is InChI=1S/C12H18F2N2/c1-16(2)7-6-10(15)8-9-4-3-5-11(13)12(9)14/h3-5,10H,6-8,15H2,1-2H3.